The first kappa shape index (κ1) is 21.8. The monoisotopic (exact) mass is 469 g/mol. The maximum absolute atomic E-state index is 14.7. The minimum atomic E-state index is -3.88. The van der Waals surface area contributed by atoms with Crippen molar-refractivity contribution in [3.05, 3.63) is 121 Å². The number of rotatable bonds is 8. The molecule has 1 aromatic heterocycles. The standard InChI is InChI=1S/C27H24N3O3P/c1-30-20-28-25-18-17-21(19-26(25)30)27(29-22-11-5-2-6-12-22)34(31,32-23-13-7-3-8-14-23)33-24-15-9-4-10-16-24/h2-20,27,29H,1H3. The molecule has 0 aliphatic rings. The van der Waals surface area contributed by atoms with Crippen LogP contribution in [0.25, 0.3) is 11.0 Å². The molecule has 0 spiro atoms. The molecule has 0 saturated carbocycles. The maximum Gasteiger partial charge on any atom is 0.457 e. The van der Waals surface area contributed by atoms with Crippen LogP contribution < -0.4 is 14.4 Å². The van der Waals surface area contributed by atoms with Crippen LogP contribution in [0.4, 0.5) is 5.69 Å². The van der Waals surface area contributed by atoms with E-state index in [0.29, 0.717) is 11.5 Å². The van der Waals surface area contributed by atoms with Gasteiger partial charge in [0.25, 0.3) is 0 Å². The van der Waals surface area contributed by atoms with Crippen molar-refractivity contribution in [1.82, 2.24) is 9.55 Å². The third-order valence-corrected chi connectivity index (χ3v) is 7.40. The zero-order chi connectivity index (χ0) is 23.4. The van der Waals surface area contributed by atoms with Crippen molar-refractivity contribution in [2.24, 2.45) is 7.05 Å². The van der Waals surface area contributed by atoms with Crippen molar-refractivity contribution in [3.63, 3.8) is 0 Å². The highest BCUT2D eigenvalue weighted by atomic mass is 31.2. The van der Waals surface area contributed by atoms with Crippen molar-refractivity contribution < 1.29 is 13.6 Å². The van der Waals surface area contributed by atoms with Gasteiger partial charge in [-0.25, -0.2) is 9.55 Å². The highest BCUT2D eigenvalue weighted by Gasteiger charge is 2.41. The largest absolute Gasteiger partial charge is 0.457 e. The van der Waals surface area contributed by atoms with Gasteiger partial charge in [0, 0.05) is 12.7 Å². The van der Waals surface area contributed by atoms with Crippen molar-refractivity contribution in [3.8, 4) is 11.5 Å². The summed E-state index contributed by atoms with van der Waals surface area (Å²) in [7, 11) is -1.95. The summed E-state index contributed by atoms with van der Waals surface area (Å²) in [6.07, 6.45) is 1.76. The van der Waals surface area contributed by atoms with Gasteiger partial charge in [-0.2, -0.15) is 0 Å². The number of fused-ring (bicyclic) bond motifs is 1. The predicted octanol–water partition coefficient (Wildman–Crippen LogP) is 7.04. The molecule has 7 heteroatoms. The fraction of sp³-hybridized carbons (Fsp3) is 0.0741. The molecule has 0 fully saturated rings. The number of hydrogen-bond acceptors (Lipinski definition) is 5. The van der Waals surface area contributed by atoms with Gasteiger partial charge in [-0.05, 0) is 54.1 Å². The maximum atomic E-state index is 14.7. The van der Waals surface area contributed by atoms with E-state index in [-0.39, 0.29) is 0 Å². The number of aryl methyl sites for hydroxylation is 1. The first-order valence-electron chi connectivity index (χ1n) is 10.9. The second kappa shape index (κ2) is 9.46. The van der Waals surface area contributed by atoms with E-state index >= 15 is 0 Å². The molecule has 5 rings (SSSR count). The molecule has 0 aliphatic carbocycles. The van der Waals surface area contributed by atoms with Crippen LogP contribution in [0.3, 0.4) is 0 Å². The lowest BCUT2D eigenvalue weighted by Gasteiger charge is -2.29. The van der Waals surface area contributed by atoms with Gasteiger partial charge in [0.15, 0.2) is 5.78 Å². The first-order chi connectivity index (χ1) is 16.6. The minimum Gasteiger partial charge on any atom is -0.414 e. The summed E-state index contributed by atoms with van der Waals surface area (Å²) in [6.45, 7) is 0. The molecule has 170 valence electrons. The van der Waals surface area contributed by atoms with Gasteiger partial charge in [0.2, 0.25) is 0 Å². The summed E-state index contributed by atoms with van der Waals surface area (Å²) in [5, 5.41) is 3.41. The Morgan fingerprint density at radius 1 is 0.794 bits per heavy atom. The van der Waals surface area contributed by atoms with E-state index in [0.717, 1.165) is 22.3 Å². The Balaban J connectivity index is 1.64. The zero-order valence-corrected chi connectivity index (χ0v) is 19.5. The summed E-state index contributed by atoms with van der Waals surface area (Å²) in [5.74, 6) is 0.126. The lowest BCUT2D eigenvalue weighted by molar-refractivity contribution is 0.376. The molecular weight excluding hydrogens is 445 g/mol. The third-order valence-electron chi connectivity index (χ3n) is 5.41. The molecule has 6 nitrogen and oxygen atoms in total. The van der Waals surface area contributed by atoms with Crippen LogP contribution in [-0.4, -0.2) is 9.55 Å². The number of aromatic nitrogens is 2. The number of benzene rings is 4. The average molecular weight is 469 g/mol. The molecule has 1 unspecified atom stereocenters. The SMILES string of the molecule is Cn1cnc2ccc(C(Nc3ccccc3)P(=O)(Oc3ccccc3)Oc3ccccc3)cc21. The summed E-state index contributed by atoms with van der Waals surface area (Å²) in [4.78, 5) is 4.41. The fourth-order valence-electron chi connectivity index (χ4n) is 3.73. The number of para-hydroxylation sites is 3. The van der Waals surface area contributed by atoms with Gasteiger partial charge in [0.05, 0.1) is 17.4 Å². The Morgan fingerprint density at radius 2 is 1.35 bits per heavy atom. The Labute approximate surface area is 198 Å². The van der Waals surface area contributed by atoms with Crippen LogP contribution >= 0.6 is 7.60 Å². The average Bonchev–Trinajstić information content (AvgIpc) is 3.24. The molecule has 0 amide bonds. The Morgan fingerprint density at radius 3 is 1.94 bits per heavy atom. The topological polar surface area (TPSA) is 65.4 Å². The normalized spacial score (nSPS) is 12.3. The number of nitrogens with zero attached hydrogens (tertiary/aromatic N) is 2. The molecule has 0 bridgehead atoms. The summed E-state index contributed by atoms with van der Waals surface area (Å²) >= 11 is 0. The van der Waals surface area contributed by atoms with E-state index in [1.54, 1.807) is 30.6 Å². The van der Waals surface area contributed by atoms with Crippen LogP contribution in [0, 0.1) is 0 Å². The van der Waals surface area contributed by atoms with Crippen molar-refractivity contribution >= 4 is 24.3 Å². The van der Waals surface area contributed by atoms with Crippen LogP contribution in [0.15, 0.2) is 116 Å². The molecule has 34 heavy (non-hydrogen) atoms. The van der Waals surface area contributed by atoms with Crippen LogP contribution in [-0.2, 0) is 11.6 Å². The lowest BCUT2D eigenvalue weighted by Crippen LogP contribution is -2.18. The van der Waals surface area contributed by atoms with Crippen LogP contribution in [0.1, 0.15) is 11.3 Å². The second-order valence-electron chi connectivity index (χ2n) is 7.87. The van der Waals surface area contributed by atoms with Crippen molar-refractivity contribution in [1.29, 1.82) is 0 Å². The molecule has 5 aromatic rings. The Bertz CT molecular complexity index is 1380. The molecule has 0 radical (unpaired) electrons. The highest BCUT2D eigenvalue weighted by Crippen LogP contribution is 2.60. The van der Waals surface area contributed by atoms with Crippen molar-refractivity contribution in [2.45, 2.75) is 5.78 Å². The summed E-state index contributed by atoms with van der Waals surface area (Å²) in [6, 6.07) is 33.6. The van der Waals surface area contributed by atoms with E-state index in [4.69, 9.17) is 9.05 Å². The highest BCUT2D eigenvalue weighted by molar-refractivity contribution is 7.55. The number of nitrogens with one attached hydrogen (secondary N) is 1. The molecule has 4 aromatic carbocycles. The minimum absolute atomic E-state index is 0.461. The quantitative estimate of drug-likeness (QED) is 0.247. The predicted molar refractivity (Wildman–Crippen MR) is 135 cm³/mol. The van der Waals surface area contributed by atoms with E-state index in [2.05, 4.69) is 10.3 Å². The molecule has 1 heterocycles. The van der Waals surface area contributed by atoms with E-state index in [9.17, 15) is 4.57 Å². The molecule has 1 N–H and O–H groups in total. The van der Waals surface area contributed by atoms with E-state index in [1.807, 2.05) is 96.5 Å². The number of hydrogen-bond donors (Lipinski definition) is 1. The fourth-order valence-corrected chi connectivity index (χ4v) is 5.64. The molecular formula is C27H24N3O3P. The van der Waals surface area contributed by atoms with Gasteiger partial charge < -0.3 is 18.9 Å². The van der Waals surface area contributed by atoms with Gasteiger partial charge >= 0.3 is 7.60 Å². The smallest absolute Gasteiger partial charge is 0.414 e. The molecule has 0 aliphatic heterocycles. The molecule has 1 atom stereocenters. The van der Waals surface area contributed by atoms with Gasteiger partial charge in [-0.1, -0.05) is 60.7 Å². The number of imidazole rings is 1. The third kappa shape index (κ3) is 4.68. The van der Waals surface area contributed by atoms with Gasteiger partial charge in [0.1, 0.15) is 11.5 Å². The zero-order valence-electron chi connectivity index (χ0n) is 18.6. The van der Waals surface area contributed by atoms with Crippen LogP contribution in [0.5, 0.6) is 11.5 Å². The summed E-state index contributed by atoms with van der Waals surface area (Å²) in [5.41, 5.74) is 3.33. The van der Waals surface area contributed by atoms with Gasteiger partial charge in [-0.15, -0.1) is 0 Å². The second-order valence-corrected chi connectivity index (χ2v) is 9.83. The van der Waals surface area contributed by atoms with E-state index in [1.165, 1.54) is 0 Å². The van der Waals surface area contributed by atoms with Crippen LogP contribution in [0.2, 0.25) is 0 Å². The van der Waals surface area contributed by atoms with Crippen molar-refractivity contribution in [2.75, 3.05) is 5.32 Å². The van der Waals surface area contributed by atoms with E-state index < -0.39 is 13.4 Å². The first-order valence-corrected chi connectivity index (χ1v) is 12.5. The Hall–Kier alpha value is -4.02. The van der Waals surface area contributed by atoms with Gasteiger partial charge in [-0.3, -0.25) is 0 Å². The molecule has 0 saturated heterocycles. The lowest BCUT2D eigenvalue weighted by atomic mass is 10.2. The Kier molecular flexibility index (Phi) is 6.07. The summed E-state index contributed by atoms with van der Waals surface area (Å²) < 4.78 is 29.0. The number of anilines is 1.